The Bertz CT molecular complexity index is 411. The molecule has 0 heterocycles. The molecule has 0 N–H and O–H groups in total. The summed E-state index contributed by atoms with van der Waals surface area (Å²) in [7, 11) is 0. The zero-order valence-corrected chi connectivity index (χ0v) is 10.3. The predicted molar refractivity (Wildman–Crippen MR) is 66.5 cm³/mol. The quantitative estimate of drug-likeness (QED) is 0.560. The van der Waals surface area contributed by atoms with Crippen LogP contribution in [0.1, 0.15) is 38.8 Å². The van der Waals surface area contributed by atoms with Gasteiger partial charge in [0, 0.05) is 12.5 Å². The number of carbonyl (C=O) groups excluding carboxylic acids is 1. The molecule has 0 atom stereocenters. The summed E-state index contributed by atoms with van der Waals surface area (Å²) in [6, 6.07) is 5.86. The number of ether oxygens (including phenoxy) is 1. The second kappa shape index (κ2) is 4.52. The lowest BCUT2D eigenvalue weighted by molar-refractivity contribution is -0.131. The molecule has 1 aromatic rings. The molecule has 0 aliphatic rings. The maximum Gasteiger partial charge on any atom is 0.308 e. The highest BCUT2D eigenvalue weighted by atomic mass is 16.5. The maximum atomic E-state index is 11.0. The first kappa shape index (κ1) is 12.5. The Hall–Kier alpha value is -1.57. The van der Waals surface area contributed by atoms with Gasteiger partial charge in [-0.05, 0) is 17.0 Å². The van der Waals surface area contributed by atoms with E-state index < -0.39 is 0 Å². The molecule has 86 valence electrons. The smallest absolute Gasteiger partial charge is 0.308 e. The van der Waals surface area contributed by atoms with Gasteiger partial charge in [0.1, 0.15) is 5.75 Å². The van der Waals surface area contributed by atoms with E-state index in [1.807, 2.05) is 18.2 Å². The minimum atomic E-state index is -0.311. The highest BCUT2D eigenvalue weighted by Gasteiger charge is 2.16. The van der Waals surface area contributed by atoms with Crippen LogP contribution in [0.25, 0.3) is 6.08 Å². The summed E-state index contributed by atoms with van der Waals surface area (Å²) in [6.45, 7) is 11.5. The lowest BCUT2D eigenvalue weighted by Crippen LogP contribution is -2.12. The lowest BCUT2D eigenvalue weighted by Gasteiger charge is -2.20. The van der Waals surface area contributed by atoms with Crippen LogP contribution < -0.4 is 4.74 Å². The zero-order valence-electron chi connectivity index (χ0n) is 10.3. The van der Waals surface area contributed by atoms with Crippen LogP contribution in [0.3, 0.4) is 0 Å². The van der Waals surface area contributed by atoms with Gasteiger partial charge in [0.25, 0.3) is 0 Å². The van der Waals surface area contributed by atoms with Gasteiger partial charge in [-0.25, -0.2) is 0 Å². The third kappa shape index (κ3) is 2.96. The van der Waals surface area contributed by atoms with Crippen LogP contribution in [0.2, 0.25) is 0 Å². The largest absolute Gasteiger partial charge is 0.426 e. The van der Waals surface area contributed by atoms with Crippen LogP contribution in [0.5, 0.6) is 5.75 Å². The maximum absolute atomic E-state index is 11.0. The van der Waals surface area contributed by atoms with Crippen LogP contribution in [-0.4, -0.2) is 5.97 Å². The normalized spacial score (nSPS) is 11.0. The number of rotatable bonds is 2. The van der Waals surface area contributed by atoms with E-state index in [2.05, 4.69) is 27.4 Å². The second-order valence-electron chi connectivity index (χ2n) is 4.80. The molecular weight excluding hydrogens is 200 g/mol. The molecule has 1 aromatic carbocycles. The number of hydrogen-bond acceptors (Lipinski definition) is 2. The number of benzene rings is 1. The first-order chi connectivity index (χ1) is 7.34. The van der Waals surface area contributed by atoms with Crippen LogP contribution >= 0.6 is 0 Å². The molecule has 0 radical (unpaired) electrons. The molecule has 2 heteroatoms. The van der Waals surface area contributed by atoms with Gasteiger partial charge in [0.15, 0.2) is 0 Å². The molecule has 1 rings (SSSR count). The van der Waals surface area contributed by atoms with E-state index in [4.69, 9.17) is 4.74 Å². The number of esters is 1. The van der Waals surface area contributed by atoms with E-state index in [0.29, 0.717) is 5.75 Å². The van der Waals surface area contributed by atoms with Gasteiger partial charge in [-0.2, -0.15) is 0 Å². The van der Waals surface area contributed by atoms with Crippen molar-refractivity contribution in [2.45, 2.75) is 33.1 Å². The Morgan fingerprint density at radius 3 is 2.44 bits per heavy atom. The van der Waals surface area contributed by atoms with E-state index >= 15 is 0 Å². The molecule has 0 fully saturated rings. The van der Waals surface area contributed by atoms with Gasteiger partial charge < -0.3 is 4.74 Å². The highest BCUT2D eigenvalue weighted by molar-refractivity contribution is 5.72. The minimum absolute atomic E-state index is 0.0363. The Labute approximate surface area is 96.9 Å². The van der Waals surface area contributed by atoms with Crippen molar-refractivity contribution in [2.75, 3.05) is 0 Å². The van der Waals surface area contributed by atoms with E-state index in [1.165, 1.54) is 6.92 Å². The third-order valence-electron chi connectivity index (χ3n) is 2.35. The van der Waals surface area contributed by atoms with Gasteiger partial charge in [0.05, 0.1) is 0 Å². The van der Waals surface area contributed by atoms with Crippen molar-refractivity contribution in [3.63, 3.8) is 0 Å². The highest BCUT2D eigenvalue weighted by Crippen LogP contribution is 2.29. The van der Waals surface area contributed by atoms with E-state index in [-0.39, 0.29) is 11.4 Å². The average molecular weight is 218 g/mol. The molecule has 16 heavy (non-hydrogen) atoms. The first-order valence-electron chi connectivity index (χ1n) is 5.30. The molecular formula is C14H18O2. The summed E-state index contributed by atoms with van der Waals surface area (Å²) in [5.74, 6) is 0.268. The molecule has 2 nitrogen and oxygen atoms in total. The summed E-state index contributed by atoms with van der Waals surface area (Å²) in [5.41, 5.74) is 2.01. The van der Waals surface area contributed by atoms with Crippen molar-refractivity contribution in [3.05, 3.63) is 35.9 Å². The molecule has 0 aromatic heterocycles. The van der Waals surface area contributed by atoms with Gasteiger partial charge in [0.2, 0.25) is 0 Å². The Kier molecular flexibility index (Phi) is 3.53. The van der Waals surface area contributed by atoms with Gasteiger partial charge in [-0.3, -0.25) is 4.79 Å². The van der Waals surface area contributed by atoms with Crippen molar-refractivity contribution in [3.8, 4) is 5.75 Å². The molecule has 0 aliphatic heterocycles. The lowest BCUT2D eigenvalue weighted by atomic mass is 9.86. The van der Waals surface area contributed by atoms with Gasteiger partial charge in [-0.15, -0.1) is 0 Å². The Balaban J connectivity index is 3.21. The summed E-state index contributed by atoms with van der Waals surface area (Å²) >= 11 is 0. The minimum Gasteiger partial charge on any atom is -0.426 e. The van der Waals surface area contributed by atoms with Crippen LogP contribution in [0.4, 0.5) is 0 Å². The number of hydrogen-bond donors (Lipinski definition) is 0. The average Bonchev–Trinajstić information content (AvgIpc) is 2.15. The summed E-state index contributed by atoms with van der Waals surface area (Å²) in [5, 5.41) is 0. The first-order valence-corrected chi connectivity index (χ1v) is 5.30. The van der Waals surface area contributed by atoms with Gasteiger partial charge >= 0.3 is 5.97 Å². The molecule has 0 saturated carbocycles. The Morgan fingerprint density at radius 2 is 2.00 bits per heavy atom. The predicted octanol–water partition coefficient (Wildman–Crippen LogP) is 3.55. The number of carbonyl (C=O) groups is 1. The van der Waals surface area contributed by atoms with E-state index in [1.54, 1.807) is 6.08 Å². The molecule has 0 bridgehead atoms. The fraction of sp³-hybridized carbons (Fsp3) is 0.357. The van der Waals surface area contributed by atoms with E-state index in [9.17, 15) is 4.79 Å². The summed E-state index contributed by atoms with van der Waals surface area (Å²) in [4.78, 5) is 11.0. The molecule has 0 saturated heterocycles. The fourth-order valence-corrected chi connectivity index (χ4v) is 1.41. The molecule has 0 unspecified atom stereocenters. The van der Waals surface area contributed by atoms with Crippen molar-refractivity contribution < 1.29 is 9.53 Å². The zero-order chi connectivity index (χ0) is 12.3. The molecule has 0 amide bonds. The Morgan fingerprint density at radius 1 is 1.38 bits per heavy atom. The van der Waals surface area contributed by atoms with E-state index in [0.717, 1.165) is 11.1 Å². The summed E-state index contributed by atoms with van der Waals surface area (Å²) < 4.78 is 5.16. The molecule has 0 aliphatic carbocycles. The monoisotopic (exact) mass is 218 g/mol. The standard InChI is InChI=1S/C14H18O2/c1-6-11-7-8-12(14(3,4)5)9-13(11)16-10(2)15/h6-9H,1H2,2-5H3. The summed E-state index contributed by atoms with van der Waals surface area (Å²) in [6.07, 6.45) is 1.69. The van der Waals surface area contributed by atoms with Crippen molar-refractivity contribution in [1.82, 2.24) is 0 Å². The van der Waals surface area contributed by atoms with Crippen molar-refractivity contribution >= 4 is 12.0 Å². The third-order valence-corrected chi connectivity index (χ3v) is 2.35. The van der Waals surface area contributed by atoms with Gasteiger partial charge in [-0.1, -0.05) is 45.6 Å². The fourth-order valence-electron chi connectivity index (χ4n) is 1.41. The topological polar surface area (TPSA) is 26.3 Å². The van der Waals surface area contributed by atoms with Crippen LogP contribution in [0, 0.1) is 0 Å². The van der Waals surface area contributed by atoms with Crippen molar-refractivity contribution in [1.29, 1.82) is 0 Å². The molecule has 0 spiro atoms. The van der Waals surface area contributed by atoms with Crippen LogP contribution in [-0.2, 0) is 10.2 Å². The second-order valence-corrected chi connectivity index (χ2v) is 4.80. The SMILES string of the molecule is C=Cc1ccc(C(C)(C)C)cc1OC(C)=O. The van der Waals surface area contributed by atoms with Crippen molar-refractivity contribution in [2.24, 2.45) is 0 Å². The van der Waals surface area contributed by atoms with Crippen LogP contribution in [0.15, 0.2) is 24.8 Å².